The SMILES string of the molecule is CN1C(=O)C(CC(=O)Nc2ccc(Cl)cc2)N(NC(=O)c2ccc(Cl)cc2)C1=S. The molecule has 1 aliphatic rings. The Bertz CT molecular complexity index is 966. The lowest BCUT2D eigenvalue weighted by molar-refractivity contribution is -0.130. The molecule has 3 amide bonds. The van der Waals surface area contributed by atoms with Crippen molar-refractivity contribution in [1.82, 2.24) is 15.3 Å². The molecule has 0 saturated carbocycles. The van der Waals surface area contributed by atoms with Crippen LogP contribution in [0.4, 0.5) is 5.69 Å². The van der Waals surface area contributed by atoms with E-state index in [0.29, 0.717) is 21.3 Å². The second-order valence-electron chi connectivity index (χ2n) is 6.27. The molecule has 1 atom stereocenters. The first-order chi connectivity index (χ1) is 13.8. The first kappa shape index (κ1) is 21.0. The summed E-state index contributed by atoms with van der Waals surface area (Å²) in [5.74, 6) is -1.28. The van der Waals surface area contributed by atoms with Gasteiger partial charge in [-0.3, -0.25) is 24.7 Å². The number of nitrogens with zero attached hydrogens (tertiary/aromatic N) is 2. The number of rotatable bonds is 5. The van der Waals surface area contributed by atoms with Crippen molar-refractivity contribution in [3.63, 3.8) is 0 Å². The van der Waals surface area contributed by atoms with E-state index in [9.17, 15) is 14.4 Å². The molecule has 0 radical (unpaired) electrons. The van der Waals surface area contributed by atoms with Crippen molar-refractivity contribution in [3.05, 3.63) is 64.1 Å². The maximum atomic E-state index is 12.6. The van der Waals surface area contributed by atoms with Gasteiger partial charge in [0.1, 0.15) is 6.04 Å². The summed E-state index contributed by atoms with van der Waals surface area (Å²) >= 11 is 16.9. The maximum Gasteiger partial charge on any atom is 0.269 e. The average Bonchev–Trinajstić information content (AvgIpc) is 2.88. The highest BCUT2D eigenvalue weighted by Gasteiger charge is 2.42. The van der Waals surface area contributed by atoms with Gasteiger partial charge in [0, 0.05) is 28.3 Å². The van der Waals surface area contributed by atoms with Crippen LogP contribution in [0, 0.1) is 0 Å². The number of anilines is 1. The van der Waals surface area contributed by atoms with Gasteiger partial charge in [0.05, 0.1) is 6.42 Å². The van der Waals surface area contributed by atoms with Gasteiger partial charge >= 0.3 is 0 Å². The second kappa shape index (κ2) is 8.77. The Hall–Kier alpha value is -2.68. The monoisotopic (exact) mass is 450 g/mol. The van der Waals surface area contributed by atoms with Crippen LogP contribution in [-0.4, -0.2) is 45.8 Å². The fraction of sp³-hybridized carbons (Fsp3) is 0.158. The summed E-state index contributed by atoms with van der Waals surface area (Å²) in [4.78, 5) is 38.7. The van der Waals surface area contributed by atoms with Crippen LogP contribution in [0.5, 0.6) is 0 Å². The molecule has 0 spiro atoms. The zero-order chi connectivity index (χ0) is 21.1. The molecule has 7 nitrogen and oxygen atoms in total. The number of hydrogen-bond acceptors (Lipinski definition) is 4. The summed E-state index contributed by atoms with van der Waals surface area (Å²) in [7, 11) is 1.49. The van der Waals surface area contributed by atoms with Crippen LogP contribution >= 0.6 is 35.4 Å². The number of halogens is 2. The molecule has 0 aromatic heterocycles. The molecule has 1 aliphatic heterocycles. The second-order valence-corrected chi connectivity index (χ2v) is 7.51. The molecule has 150 valence electrons. The van der Waals surface area contributed by atoms with E-state index < -0.39 is 23.8 Å². The first-order valence-corrected chi connectivity index (χ1v) is 9.65. The minimum atomic E-state index is -0.962. The number of thiocarbonyl (C=S) groups is 1. The zero-order valence-corrected chi connectivity index (χ0v) is 17.5. The summed E-state index contributed by atoms with van der Waals surface area (Å²) in [6, 6.07) is 11.9. The third-order valence-corrected chi connectivity index (χ3v) is 5.23. The normalized spacial score (nSPS) is 16.2. The molecule has 1 saturated heterocycles. The summed E-state index contributed by atoms with van der Waals surface area (Å²) in [6.07, 6.45) is -0.202. The van der Waals surface area contributed by atoms with Crippen molar-refractivity contribution in [2.45, 2.75) is 12.5 Å². The van der Waals surface area contributed by atoms with Crippen LogP contribution in [0.2, 0.25) is 10.0 Å². The lowest BCUT2D eigenvalue weighted by Gasteiger charge is -2.24. The van der Waals surface area contributed by atoms with E-state index in [2.05, 4.69) is 10.7 Å². The standard InChI is InChI=1S/C19H16Cl2N4O3S/c1-24-18(28)15(10-16(26)22-14-8-6-13(21)7-9-14)25(19(24)29)23-17(27)11-2-4-12(20)5-3-11/h2-9,15H,10H2,1H3,(H,22,26)(H,23,27). The van der Waals surface area contributed by atoms with Crippen LogP contribution in [0.1, 0.15) is 16.8 Å². The summed E-state index contributed by atoms with van der Waals surface area (Å²) in [5, 5.41) is 5.05. The van der Waals surface area contributed by atoms with Gasteiger partial charge in [-0.25, -0.2) is 5.01 Å². The van der Waals surface area contributed by atoms with Crippen LogP contribution in [-0.2, 0) is 9.59 Å². The third-order valence-electron chi connectivity index (χ3n) is 4.26. The highest BCUT2D eigenvalue weighted by molar-refractivity contribution is 7.80. The lowest BCUT2D eigenvalue weighted by atomic mass is 10.2. The van der Waals surface area contributed by atoms with E-state index in [1.54, 1.807) is 48.5 Å². The maximum absolute atomic E-state index is 12.6. The molecule has 2 aromatic carbocycles. The Kier molecular flexibility index (Phi) is 6.36. The van der Waals surface area contributed by atoms with E-state index in [1.165, 1.54) is 17.0 Å². The van der Waals surface area contributed by atoms with E-state index >= 15 is 0 Å². The molecule has 2 N–H and O–H groups in total. The Morgan fingerprint density at radius 1 is 1.03 bits per heavy atom. The zero-order valence-electron chi connectivity index (χ0n) is 15.2. The Morgan fingerprint density at radius 2 is 1.59 bits per heavy atom. The van der Waals surface area contributed by atoms with Crippen LogP contribution < -0.4 is 10.7 Å². The van der Waals surface area contributed by atoms with E-state index in [-0.39, 0.29) is 11.5 Å². The van der Waals surface area contributed by atoms with Crippen molar-refractivity contribution < 1.29 is 14.4 Å². The van der Waals surface area contributed by atoms with Crippen molar-refractivity contribution in [2.75, 3.05) is 12.4 Å². The average molecular weight is 451 g/mol. The largest absolute Gasteiger partial charge is 0.326 e. The Morgan fingerprint density at radius 3 is 2.17 bits per heavy atom. The van der Waals surface area contributed by atoms with Crippen LogP contribution in [0.3, 0.4) is 0 Å². The number of benzene rings is 2. The molecule has 2 aromatic rings. The van der Waals surface area contributed by atoms with Gasteiger partial charge < -0.3 is 5.32 Å². The molecular formula is C19H16Cl2N4O3S. The van der Waals surface area contributed by atoms with Gasteiger partial charge in [-0.1, -0.05) is 23.2 Å². The van der Waals surface area contributed by atoms with E-state index in [4.69, 9.17) is 35.4 Å². The number of amides is 3. The summed E-state index contributed by atoms with van der Waals surface area (Å²) in [5.41, 5.74) is 3.48. The van der Waals surface area contributed by atoms with Gasteiger partial charge in [0.15, 0.2) is 5.11 Å². The van der Waals surface area contributed by atoms with Gasteiger partial charge in [-0.05, 0) is 60.7 Å². The summed E-state index contributed by atoms with van der Waals surface area (Å²) in [6.45, 7) is 0. The topological polar surface area (TPSA) is 81.8 Å². The molecule has 0 aliphatic carbocycles. The summed E-state index contributed by atoms with van der Waals surface area (Å²) < 4.78 is 0. The minimum absolute atomic E-state index is 0.0987. The van der Waals surface area contributed by atoms with Gasteiger partial charge in [0.25, 0.3) is 11.8 Å². The third kappa shape index (κ3) is 4.84. The van der Waals surface area contributed by atoms with Crippen molar-refractivity contribution >= 4 is 63.9 Å². The van der Waals surface area contributed by atoms with Gasteiger partial charge in [-0.15, -0.1) is 0 Å². The Labute approximate surface area is 182 Å². The highest BCUT2D eigenvalue weighted by atomic mass is 35.5. The predicted molar refractivity (Wildman–Crippen MR) is 115 cm³/mol. The number of hydrazine groups is 1. The van der Waals surface area contributed by atoms with Crippen LogP contribution in [0.15, 0.2) is 48.5 Å². The number of carbonyl (C=O) groups is 3. The van der Waals surface area contributed by atoms with E-state index in [0.717, 1.165) is 0 Å². The van der Waals surface area contributed by atoms with Gasteiger partial charge in [0.2, 0.25) is 5.91 Å². The van der Waals surface area contributed by atoms with E-state index in [1.807, 2.05) is 0 Å². The fourth-order valence-corrected chi connectivity index (χ4v) is 3.24. The molecule has 3 rings (SSSR count). The number of carbonyl (C=O) groups excluding carboxylic acids is 3. The molecule has 1 heterocycles. The molecule has 10 heteroatoms. The Balaban J connectivity index is 1.72. The smallest absolute Gasteiger partial charge is 0.269 e. The molecular weight excluding hydrogens is 435 g/mol. The van der Waals surface area contributed by atoms with Crippen molar-refractivity contribution in [2.24, 2.45) is 0 Å². The number of likely N-dealkylation sites (N-methyl/N-ethyl adjacent to an activating group) is 1. The first-order valence-electron chi connectivity index (χ1n) is 8.49. The van der Waals surface area contributed by atoms with Crippen molar-refractivity contribution in [1.29, 1.82) is 0 Å². The minimum Gasteiger partial charge on any atom is -0.326 e. The number of nitrogens with one attached hydrogen (secondary N) is 2. The highest BCUT2D eigenvalue weighted by Crippen LogP contribution is 2.20. The number of hydrogen-bond donors (Lipinski definition) is 2. The molecule has 1 fully saturated rings. The van der Waals surface area contributed by atoms with Crippen LogP contribution in [0.25, 0.3) is 0 Å². The molecule has 0 bridgehead atoms. The van der Waals surface area contributed by atoms with Gasteiger partial charge in [-0.2, -0.15) is 0 Å². The predicted octanol–water partition coefficient (Wildman–Crippen LogP) is 3.09. The molecule has 29 heavy (non-hydrogen) atoms. The fourth-order valence-electron chi connectivity index (χ4n) is 2.72. The quantitative estimate of drug-likeness (QED) is 0.683. The lowest BCUT2D eigenvalue weighted by Crippen LogP contribution is -2.49. The van der Waals surface area contributed by atoms with Crippen molar-refractivity contribution in [3.8, 4) is 0 Å². The molecule has 1 unspecified atom stereocenters.